The number of carbonyl (C=O) groups is 1. The van der Waals surface area contributed by atoms with Crippen molar-refractivity contribution in [1.82, 2.24) is 25.1 Å². The number of piperidine rings is 1. The first-order valence-electron chi connectivity index (χ1n) is 12.8. The maximum absolute atomic E-state index is 13.2. The number of aromatic nitrogens is 4. The van der Waals surface area contributed by atoms with E-state index in [0.717, 1.165) is 22.8 Å². The Kier molecular flexibility index (Phi) is 7.91. The molecule has 1 saturated heterocycles. The Morgan fingerprint density at radius 3 is 2.38 bits per heavy atom. The van der Waals surface area contributed by atoms with Crippen LogP contribution in [0.15, 0.2) is 77.9 Å². The first-order chi connectivity index (χ1) is 19.0. The summed E-state index contributed by atoms with van der Waals surface area (Å²) in [6.45, 7) is 1.94. The van der Waals surface area contributed by atoms with Gasteiger partial charge in [-0.1, -0.05) is 0 Å². The van der Waals surface area contributed by atoms with E-state index in [9.17, 15) is 14.0 Å². The third-order valence-corrected chi connectivity index (χ3v) is 6.86. The number of methoxy groups -OCH3 is 1. The van der Waals surface area contributed by atoms with Gasteiger partial charge in [0.2, 0.25) is 5.91 Å². The largest absolute Gasteiger partial charge is 0.497 e. The number of nitrogens with one attached hydrogen (secondary N) is 1. The molecule has 0 spiro atoms. The van der Waals surface area contributed by atoms with E-state index < -0.39 is 0 Å². The average Bonchev–Trinajstić information content (AvgIpc) is 2.98. The van der Waals surface area contributed by atoms with E-state index in [-0.39, 0.29) is 36.3 Å². The van der Waals surface area contributed by atoms with Gasteiger partial charge >= 0.3 is 0 Å². The predicted molar refractivity (Wildman–Crippen MR) is 146 cm³/mol. The third kappa shape index (κ3) is 6.28. The van der Waals surface area contributed by atoms with Crippen molar-refractivity contribution in [3.8, 4) is 28.3 Å². The number of hydrogen-bond donors (Lipinski definition) is 1. The highest BCUT2D eigenvalue weighted by molar-refractivity contribution is 5.79. The van der Waals surface area contributed by atoms with Gasteiger partial charge in [0.05, 0.1) is 25.0 Å². The van der Waals surface area contributed by atoms with E-state index in [0.29, 0.717) is 37.2 Å². The van der Waals surface area contributed by atoms with E-state index in [4.69, 9.17) is 4.74 Å². The molecule has 1 aliphatic heterocycles. The number of benzene rings is 2. The van der Waals surface area contributed by atoms with E-state index in [1.807, 2.05) is 30.3 Å². The molecule has 0 aliphatic carbocycles. The lowest BCUT2D eigenvalue weighted by atomic mass is 9.96. The van der Waals surface area contributed by atoms with Gasteiger partial charge in [0.1, 0.15) is 23.7 Å². The molecule has 1 amide bonds. The fraction of sp³-hybridized carbons (Fsp3) is 0.276. The molecule has 2 aromatic carbocycles. The smallest absolute Gasteiger partial charge is 0.266 e. The molecule has 2 aromatic heterocycles. The zero-order valence-corrected chi connectivity index (χ0v) is 21.6. The quantitative estimate of drug-likeness (QED) is 0.373. The van der Waals surface area contributed by atoms with E-state index in [2.05, 4.69) is 25.3 Å². The van der Waals surface area contributed by atoms with Crippen LogP contribution in [-0.2, 0) is 11.3 Å². The lowest BCUT2D eigenvalue weighted by Crippen LogP contribution is -2.42. The van der Waals surface area contributed by atoms with Crippen LogP contribution < -0.4 is 20.5 Å². The van der Waals surface area contributed by atoms with Gasteiger partial charge in [-0.05, 0) is 67.4 Å². The zero-order chi connectivity index (χ0) is 27.2. The van der Waals surface area contributed by atoms with Gasteiger partial charge in [-0.3, -0.25) is 9.59 Å². The van der Waals surface area contributed by atoms with Gasteiger partial charge in [-0.15, -0.1) is 0 Å². The Bertz CT molecular complexity index is 1480. The minimum Gasteiger partial charge on any atom is -0.497 e. The number of nitrogens with zero attached hydrogens (tertiary/aromatic N) is 5. The van der Waals surface area contributed by atoms with Gasteiger partial charge < -0.3 is 15.0 Å². The van der Waals surface area contributed by atoms with Crippen molar-refractivity contribution in [1.29, 1.82) is 0 Å². The number of halogens is 1. The number of hydrogen-bond acceptors (Lipinski definition) is 7. The van der Waals surface area contributed by atoms with Gasteiger partial charge in [0.25, 0.3) is 5.56 Å². The van der Waals surface area contributed by atoms with Crippen molar-refractivity contribution >= 4 is 11.7 Å². The van der Waals surface area contributed by atoms with Gasteiger partial charge in [-0.25, -0.2) is 19.0 Å². The first-order valence-corrected chi connectivity index (χ1v) is 12.8. The summed E-state index contributed by atoms with van der Waals surface area (Å²) in [7, 11) is 1.63. The SMILES string of the molecule is COc1ccc(-c2cc(N3CCC(C(=O)NCCn4nc(-c5ccc(F)cc5)ccc4=O)CC3)ncn2)cc1. The Morgan fingerprint density at radius 2 is 1.67 bits per heavy atom. The molecule has 3 heterocycles. The second kappa shape index (κ2) is 11.8. The highest BCUT2D eigenvalue weighted by atomic mass is 19.1. The summed E-state index contributed by atoms with van der Waals surface area (Å²) in [4.78, 5) is 36.1. The maximum Gasteiger partial charge on any atom is 0.266 e. The van der Waals surface area contributed by atoms with Crippen LogP contribution >= 0.6 is 0 Å². The molecular formula is C29H29FN6O3. The van der Waals surface area contributed by atoms with Crippen LogP contribution in [0.25, 0.3) is 22.5 Å². The number of anilines is 1. The van der Waals surface area contributed by atoms with Crippen LogP contribution in [0.3, 0.4) is 0 Å². The van der Waals surface area contributed by atoms with Crippen molar-refractivity contribution in [3.63, 3.8) is 0 Å². The molecule has 0 atom stereocenters. The molecule has 0 radical (unpaired) electrons. The molecule has 1 aliphatic rings. The second-order valence-corrected chi connectivity index (χ2v) is 9.33. The minimum absolute atomic E-state index is 0.0287. The molecule has 200 valence electrons. The Hall–Kier alpha value is -4.60. The Balaban J connectivity index is 1.13. The molecule has 9 nitrogen and oxygen atoms in total. The van der Waals surface area contributed by atoms with E-state index in [1.54, 1.807) is 31.6 Å². The lowest BCUT2D eigenvalue weighted by Gasteiger charge is -2.32. The summed E-state index contributed by atoms with van der Waals surface area (Å²) in [5, 5.41) is 7.31. The molecule has 4 aromatic rings. The molecule has 0 unspecified atom stereocenters. The number of ether oxygens (including phenoxy) is 1. The molecule has 10 heteroatoms. The minimum atomic E-state index is -0.337. The van der Waals surface area contributed by atoms with Crippen molar-refractivity contribution in [2.45, 2.75) is 19.4 Å². The van der Waals surface area contributed by atoms with Crippen LogP contribution in [0.4, 0.5) is 10.2 Å². The van der Waals surface area contributed by atoms with E-state index in [1.165, 1.54) is 22.9 Å². The maximum atomic E-state index is 13.2. The van der Waals surface area contributed by atoms with Crippen LogP contribution in [0, 0.1) is 11.7 Å². The fourth-order valence-electron chi connectivity index (χ4n) is 4.62. The number of carbonyl (C=O) groups excluding carboxylic acids is 1. The summed E-state index contributed by atoms with van der Waals surface area (Å²) < 4.78 is 19.8. The number of amides is 1. The molecule has 0 bridgehead atoms. The monoisotopic (exact) mass is 528 g/mol. The van der Waals surface area contributed by atoms with Gasteiger partial charge in [0.15, 0.2) is 0 Å². The standard InChI is InChI=1S/C29H29FN6O3/c1-39-24-8-4-21(5-9-24)26-18-27(33-19-32-26)35-15-12-22(13-16-35)29(38)31-14-17-36-28(37)11-10-25(34-36)20-2-6-23(30)7-3-20/h2-11,18-19,22H,12-17H2,1H3,(H,31,38). The van der Waals surface area contributed by atoms with Crippen LogP contribution in [0.5, 0.6) is 5.75 Å². The van der Waals surface area contributed by atoms with E-state index >= 15 is 0 Å². The summed E-state index contributed by atoms with van der Waals surface area (Å²) in [5.74, 6) is 1.14. The average molecular weight is 529 g/mol. The Morgan fingerprint density at radius 1 is 0.974 bits per heavy atom. The normalized spacial score (nSPS) is 13.7. The van der Waals surface area contributed by atoms with Gasteiger partial charge in [-0.2, -0.15) is 5.10 Å². The van der Waals surface area contributed by atoms with Crippen LogP contribution in [0.2, 0.25) is 0 Å². The van der Waals surface area contributed by atoms with Crippen molar-refractivity contribution < 1.29 is 13.9 Å². The highest BCUT2D eigenvalue weighted by Crippen LogP contribution is 2.26. The summed E-state index contributed by atoms with van der Waals surface area (Å²) in [5.41, 5.74) is 2.82. The third-order valence-electron chi connectivity index (χ3n) is 6.86. The molecule has 1 fully saturated rings. The van der Waals surface area contributed by atoms with Gasteiger partial charge in [0, 0.05) is 48.8 Å². The predicted octanol–water partition coefficient (Wildman–Crippen LogP) is 3.55. The lowest BCUT2D eigenvalue weighted by molar-refractivity contribution is -0.125. The molecule has 5 rings (SSSR count). The van der Waals surface area contributed by atoms with Crippen molar-refractivity contribution in [2.75, 3.05) is 31.6 Å². The Labute approximate surface area is 225 Å². The fourth-order valence-corrected chi connectivity index (χ4v) is 4.62. The molecule has 39 heavy (non-hydrogen) atoms. The molecular weight excluding hydrogens is 499 g/mol. The molecule has 0 saturated carbocycles. The second-order valence-electron chi connectivity index (χ2n) is 9.33. The van der Waals surface area contributed by atoms with Crippen molar-refractivity contribution in [3.05, 3.63) is 89.2 Å². The summed E-state index contributed by atoms with van der Waals surface area (Å²) in [6, 6.07) is 18.6. The summed E-state index contributed by atoms with van der Waals surface area (Å²) >= 11 is 0. The zero-order valence-electron chi connectivity index (χ0n) is 21.6. The van der Waals surface area contributed by atoms with Crippen LogP contribution in [0.1, 0.15) is 12.8 Å². The van der Waals surface area contributed by atoms with Crippen LogP contribution in [-0.4, -0.2) is 52.4 Å². The summed E-state index contributed by atoms with van der Waals surface area (Å²) in [6.07, 6.45) is 2.96. The highest BCUT2D eigenvalue weighted by Gasteiger charge is 2.25. The number of rotatable bonds is 8. The topological polar surface area (TPSA) is 102 Å². The molecule has 1 N–H and O–H groups in total. The van der Waals surface area contributed by atoms with Crippen molar-refractivity contribution in [2.24, 2.45) is 5.92 Å². The first kappa shape index (κ1) is 26.0.